The van der Waals surface area contributed by atoms with E-state index >= 15 is 0 Å². The number of hydrogen-bond acceptors (Lipinski definition) is 3. The van der Waals surface area contributed by atoms with Crippen molar-refractivity contribution >= 4 is 6.09 Å². The second-order valence-corrected chi connectivity index (χ2v) is 7.65. The molecule has 0 aromatic heterocycles. The second-order valence-electron chi connectivity index (χ2n) is 7.65. The van der Waals surface area contributed by atoms with Crippen LogP contribution < -0.4 is 5.32 Å². The summed E-state index contributed by atoms with van der Waals surface area (Å²) in [5, 5.41) is 3.81. The van der Waals surface area contributed by atoms with E-state index in [9.17, 15) is 4.79 Å². The number of nitrogens with one attached hydrogen (secondary N) is 1. The first-order valence-electron chi connectivity index (χ1n) is 8.59. The molecule has 2 rings (SSSR count). The van der Waals surface area contributed by atoms with Crippen molar-refractivity contribution in [1.82, 2.24) is 10.2 Å². The highest BCUT2D eigenvalue weighted by Crippen LogP contribution is 2.46. The largest absolute Gasteiger partial charge is 0.444 e. The lowest BCUT2D eigenvalue weighted by Gasteiger charge is -2.26. The normalized spacial score (nSPS) is 29.2. The summed E-state index contributed by atoms with van der Waals surface area (Å²) in [5.74, 6) is 1.29. The Bertz CT molecular complexity index is 352. The van der Waals surface area contributed by atoms with Crippen LogP contribution in [0.1, 0.15) is 60.3 Å². The fraction of sp³-hybridized carbons (Fsp3) is 0.941. The van der Waals surface area contributed by atoms with E-state index in [1.165, 1.54) is 25.7 Å². The molecule has 1 amide bonds. The van der Waals surface area contributed by atoms with Gasteiger partial charge in [-0.05, 0) is 45.4 Å². The molecule has 1 saturated heterocycles. The minimum Gasteiger partial charge on any atom is -0.444 e. The van der Waals surface area contributed by atoms with Crippen LogP contribution in [0.3, 0.4) is 0 Å². The molecule has 0 aromatic rings. The fourth-order valence-electron chi connectivity index (χ4n) is 3.38. The summed E-state index contributed by atoms with van der Waals surface area (Å²) >= 11 is 0. The van der Waals surface area contributed by atoms with Crippen molar-refractivity contribution < 1.29 is 9.53 Å². The predicted molar refractivity (Wildman–Crippen MR) is 85.3 cm³/mol. The van der Waals surface area contributed by atoms with Gasteiger partial charge in [-0.2, -0.15) is 0 Å². The maximum atomic E-state index is 12.0. The van der Waals surface area contributed by atoms with Crippen molar-refractivity contribution in [3.63, 3.8) is 0 Å². The third-order valence-corrected chi connectivity index (χ3v) is 4.67. The number of unbranched alkanes of at least 4 members (excludes halogenated alkanes) is 1. The molecule has 0 bridgehead atoms. The number of hydrogen-bond donors (Lipinski definition) is 1. The maximum Gasteiger partial charge on any atom is 0.410 e. The number of amides is 1. The van der Waals surface area contributed by atoms with Gasteiger partial charge >= 0.3 is 6.09 Å². The quantitative estimate of drug-likeness (QED) is 0.816. The van der Waals surface area contributed by atoms with Gasteiger partial charge in [0.15, 0.2) is 0 Å². The summed E-state index contributed by atoms with van der Waals surface area (Å²) < 4.78 is 5.45. The molecule has 4 heteroatoms. The molecular formula is C17H32N2O2. The monoisotopic (exact) mass is 296 g/mol. The average Bonchev–Trinajstić information content (AvgIpc) is 2.84. The van der Waals surface area contributed by atoms with E-state index in [2.05, 4.69) is 19.2 Å². The summed E-state index contributed by atoms with van der Waals surface area (Å²) in [6, 6.07) is 1.28. The Morgan fingerprint density at radius 3 is 2.38 bits per heavy atom. The molecule has 1 aliphatic heterocycles. The molecule has 0 radical (unpaired) electrons. The van der Waals surface area contributed by atoms with Gasteiger partial charge in [-0.1, -0.05) is 26.7 Å². The zero-order valence-electron chi connectivity index (χ0n) is 14.3. The van der Waals surface area contributed by atoms with E-state index in [0.717, 1.165) is 13.1 Å². The van der Waals surface area contributed by atoms with Crippen LogP contribution in [0.15, 0.2) is 0 Å². The van der Waals surface area contributed by atoms with Crippen molar-refractivity contribution in [2.75, 3.05) is 13.1 Å². The molecule has 122 valence electrons. The summed E-state index contributed by atoms with van der Waals surface area (Å²) in [5.41, 5.74) is -0.394. The van der Waals surface area contributed by atoms with Crippen molar-refractivity contribution in [3.05, 3.63) is 0 Å². The topological polar surface area (TPSA) is 41.6 Å². The molecule has 0 spiro atoms. The molecule has 3 atom stereocenters. The van der Waals surface area contributed by atoms with Gasteiger partial charge in [0.2, 0.25) is 0 Å². The van der Waals surface area contributed by atoms with Crippen LogP contribution in [0.2, 0.25) is 0 Å². The van der Waals surface area contributed by atoms with Crippen molar-refractivity contribution in [1.29, 1.82) is 0 Å². The molecule has 1 aliphatic carbocycles. The van der Waals surface area contributed by atoms with E-state index in [4.69, 9.17) is 4.74 Å². The molecule has 1 saturated carbocycles. The van der Waals surface area contributed by atoms with E-state index in [0.29, 0.717) is 23.9 Å². The van der Waals surface area contributed by atoms with E-state index in [1.807, 2.05) is 25.7 Å². The Morgan fingerprint density at radius 1 is 1.29 bits per heavy atom. The molecule has 1 N–H and O–H groups in total. The van der Waals surface area contributed by atoms with E-state index in [-0.39, 0.29) is 6.09 Å². The van der Waals surface area contributed by atoms with Gasteiger partial charge in [0.1, 0.15) is 5.60 Å². The first kappa shape index (κ1) is 16.6. The lowest BCUT2D eigenvalue weighted by Crippen LogP contribution is -2.41. The number of carbonyl (C=O) groups excluding carboxylic acids is 1. The molecule has 2 aliphatic rings. The number of rotatable bonds is 6. The Hall–Kier alpha value is -0.770. The Labute approximate surface area is 129 Å². The van der Waals surface area contributed by atoms with Gasteiger partial charge in [0.05, 0.1) is 0 Å². The summed E-state index contributed by atoms with van der Waals surface area (Å²) in [7, 11) is 0. The van der Waals surface area contributed by atoms with Gasteiger partial charge in [-0.15, -0.1) is 0 Å². The highest BCUT2D eigenvalue weighted by atomic mass is 16.6. The summed E-state index contributed by atoms with van der Waals surface area (Å²) in [6.07, 6.45) is 4.90. The number of ether oxygens (including phenoxy) is 1. The van der Waals surface area contributed by atoms with Crippen molar-refractivity contribution in [3.8, 4) is 0 Å². The molecule has 3 unspecified atom stereocenters. The van der Waals surface area contributed by atoms with Crippen LogP contribution in [0, 0.1) is 11.8 Å². The summed E-state index contributed by atoms with van der Waals surface area (Å²) in [4.78, 5) is 13.9. The van der Waals surface area contributed by atoms with Gasteiger partial charge in [-0.25, -0.2) is 4.79 Å². The number of likely N-dealkylation sites (tertiary alicyclic amines) is 1. The SMILES string of the molecule is CCCCC(CC)NC1C2CN(C(=O)OC(C)(C)C)CC21. The smallest absolute Gasteiger partial charge is 0.410 e. The fourth-order valence-corrected chi connectivity index (χ4v) is 3.38. The standard InChI is InChI=1S/C17H32N2O2/c1-6-8-9-12(7-2)18-15-13-10-19(11-14(13)15)16(20)21-17(3,4)5/h12-15,18H,6-11H2,1-5H3. The molecular weight excluding hydrogens is 264 g/mol. The molecule has 1 heterocycles. The van der Waals surface area contributed by atoms with Crippen LogP contribution >= 0.6 is 0 Å². The number of nitrogens with zero attached hydrogens (tertiary/aromatic N) is 1. The van der Waals surface area contributed by atoms with Gasteiger partial charge < -0.3 is 15.0 Å². The van der Waals surface area contributed by atoms with Crippen LogP contribution in [-0.2, 0) is 4.74 Å². The third-order valence-electron chi connectivity index (χ3n) is 4.67. The summed E-state index contributed by atoms with van der Waals surface area (Å²) in [6.45, 7) is 12.0. The molecule has 2 fully saturated rings. The highest BCUT2D eigenvalue weighted by Gasteiger charge is 2.57. The van der Waals surface area contributed by atoms with Crippen LogP contribution in [-0.4, -0.2) is 41.8 Å². The van der Waals surface area contributed by atoms with E-state index < -0.39 is 5.60 Å². The highest BCUT2D eigenvalue weighted by molar-refractivity contribution is 5.69. The number of piperidine rings is 1. The lowest BCUT2D eigenvalue weighted by molar-refractivity contribution is 0.0268. The average molecular weight is 296 g/mol. The Kier molecular flexibility index (Phi) is 5.18. The minimum absolute atomic E-state index is 0.147. The number of fused-ring (bicyclic) bond motifs is 1. The van der Waals surface area contributed by atoms with Gasteiger partial charge in [0, 0.05) is 25.2 Å². The Balaban J connectivity index is 1.73. The first-order valence-corrected chi connectivity index (χ1v) is 8.59. The Morgan fingerprint density at radius 2 is 1.90 bits per heavy atom. The zero-order valence-corrected chi connectivity index (χ0v) is 14.3. The van der Waals surface area contributed by atoms with Crippen LogP contribution in [0.4, 0.5) is 4.79 Å². The van der Waals surface area contributed by atoms with Crippen LogP contribution in [0.5, 0.6) is 0 Å². The van der Waals surface area contributed by atoms with Crippen molar-refractivity contribution in [2.45, 2.75) is 78.0 Å². The van der Waals surface area contributed by atoms with Gasteiger partial charge in [-0.3, -0.25) is 0 Å². The lowest BCUT2D eigenvalue weighted by atomic mass is 10.1. The van der Waals surface area contributed by atoms with Crippen LogP contribution in [0.25, 0.3) is 0 Å². The first-order chi connectivity index (χ1) is 9.85. The second kappa shape index (κ2) is 6.55. The molecule has 0 aromatic carbocycles. The maximum absolute atomic E-state index is 12.0. The molecule has 21 heavy (non-hydrogen) atoms. The van der Waals surface area contributed by atoms with Crippen molar-refractivity contribution in [2.24, 2.45) is 11.8 Å². The predicted octanol–water partition coefficient (Wildman–Crippen LogP) is 3.41. The van der Waals surface area contributed by atoms with Gasteiger partial charge in [0.25, 0.3) is 0 Å². The zero-order chi connectivity index (χ0) is 15.6. The molecule has 4 nitrogen and oxygen atoms in total. The minimum atomic E-state index is -0.394. The number of carbonyl (C=O) groups is 1. The third kappa shape index (κ3) is 4.35. The van der Waals surface area contributed by atoms with E-state index in [1.54, 1.807) is 0 Å².